The quantitative estimate of drug-likeness (QED) is 0.664. The summed E-state index contributed by atoms with van der Waals surface area (Å²) >= 11 is 0. The summed E-state index contributed by atoms with van der Waals surface area (Å²) in [6.07, 6.45) is 0.200. The molecule has 0 aliphatic rings. The van der Waals surface area contributed by atoms with Gasteiger partial charge in [0.15, 0.2) is 6.61 Å². The molecule has 0 bridgehead atoms. The molecule has 0 aliphatic carbocycles. The molecule has 0 aliphatic heterocycles. The molecule has 7 nitrogen and oxygen atoms in total. The first-order valence-electron chi connectivity index (χ1n) is 8.12. The highest BCUT2D eigenvalue weighted by Crippen LogP contribution is 2.17. The van der Waals surface area contributed by atoms with Crippen LogP contribution >= 0.6 is 0 Å². The van der Waals surface area contributed by atoms with Crippen LogP contribution in [0.4, 0.5) is 0 Å². The number of benzene rings is 1. The molecule has 0 saturated heterocycles. The summed E-state index contributed by atoms with van der Waals surface area (Å²) in [5.41, 5.74) is 0.392. The average molecular weight is 350 g/mol. The van der Waals surface area contributed by atoms with Crippen LogP contribution in [0.1, 0.15) is 45.7 Å². The molecular weight excluding hydrogens is 324 g/mol. The SMILES string of the molecule is CC(NC(=O)CCNC(=O)C(C)(C)C)c1ccc(OCC(=O)O)cc1. The Kier molecular flexibility index (Phi) is 7.42. The Morgan fingerprint density at radius 3 is 2.28 bits per heavy atom. The molecule has 1 aromatic rings. The van der Waals surface area contributed by atoms with Gasteiger partial charge in [-0.2, -0.15) is 0 Å². The summed E-state index contributed by atoms with van der Waals surface area (Å²) in [4.78, 5) is 34.1. The molecule has 7 heteroatoms. The minimum absolute atomic E-state index is 0.0923. The van der Waals surface area contributed by atoms with Gasteiger partial charge in [0.2, 0.25) is 11.8 Å². The molecule has 1 atom stereocenters. The van der Waals surface area contributed by atoms with Crippen LogP contribution in [0, 0.1) is 5.41 Å². The fourth-order valence-corrected chi connectivity index (χ4v) is 1.95. The van der Waals surface area contributed by atoms with E-state index in [1.165, 1.54) is 0 Å². The highest BCUT2D eigenvalue weighted by atomic mass is 16.5. The molecule has 0 saturated carbocycles. The van der Waals surface area contributed by atoms with Crippen molar-refractivity contribution < 1.29 is 24.2 Å². The predicted octanol–water partition coefficient (Wildman–Crippen LogP) is 1.88. The van der Waals surface area contributed by atoms with Gasteiger partial charge in [0.05, 0.1) is 6.04 Å². The van der Waals surface area contributed by atoms with E-state index in [2.05, 4.69) is 10.6 Å². The van der Waals surface area contributed by atoms with E-state index in [4.69, 9.17) is 9.84 Å². The molecule has 3 N–H and O–H groups in total. The number of amides is 2. The molecule has 1 rings (SSSR count). The second kappa shape index (κ2) is 9.05. The molecule has 0 aromatic heterocycles. The first kappa shape index (κ1) is 20.5. The Balaban J connectivity index is 2.42. The van der Waals surface area contributed by atoms with Crippen molar-refractivity contribution in [1.29, 1.82) is 0 Å². The van der Waals surface area contributed by atoms with E-state index in [0.717, 1.165) is 5.56 Å². The Bertz CT molecular complexity index is 605. The Labute approximate surface area is 147 Å². The molecular formula is C18H26N2O5. The van der Waals surface area contributed by atoms with Gasteiger partial charge in [-0.25, -0.2) is 4.79 Å². The standard InChI is InChI=1S/C18H26N2O5/c1-12(13-5-7-14(8-6-13)25-11-16(22)23)20-15(21)9-10-19-17(24)18(2,3)4/h5-8,12H,9-11H2,1-4H3,(H,19,24)(H,20,21)(H,22,23). The van der Waals surface area contributed by atoms with Crippen molar-refractivity contribution >= 4 is 17.8 Å². The molecule has 138 valence electrons. The number of carboxylic acids is 1. The van der Waals surface area contributed by atoms with Crippen LogP contribution in [-0.2, 0) is 14.4 Å². The second-order valence-corrected chi connectivity index (χ2v) is 6.80. The van der Waals surface area contributed by atoms with Crippen LogP contribution in [0.2, 0.25) is 0 Å². The molecule has 0 heterocycles. The van der Waals surface area contributed by atoms with Crippen LogP contribution in [-0.4, -0.2) is 36.0 Å². The van der Waals surface area contributed by atoms with Crippen molar-refractivity contribution in [2.24, 2.45) is 5.41 Å². The van der Waals surface area contributed by atoms with Gasteiger partial charge in [0.1, 0.15) is 5.75 Å². The van der Waals surface area contributed by atoms with Gasteiger partial charge in [0.25, 0.3) is 0 Å². The Morgan fingerprint density at radius 2 is 1.76 bits per heavy atom. The molecule has 25 heavy (non-hydrogen) atoms. The zero-order chi connectivity index (χ0) is 19.0. The third-order valence-corrected chi connectivity index (χ3v) is 3.44. The van der Waals surface area contributed by atoms with Crippen molar-refractivity contribution in [3.8, 4) is 5.75 Å². The van der Waals surface area contributed by atoms with Crippen molar-refractivity contribution in [3.05, 3.63) is 29.8 Å². The molecule has 1 unspecified atom stereocenters. The lowest BCUT2D eigenvalue weighted by atomic mass is 9.96. The Morgan fingerprint density at radius 1 is 1.16 bits per heavy atom. The highest BCUT2D eigenvalue weighted by Gasteiger charge is 2.20. The zero-order valence-corrected chi connectivity index (χ0v) is 15.1. The van der Waals surface area contributed by atoms with Crippen LogP contribution in [0.5, 0.6) is 5.75 Å². The molecule has 0 fully saturated rings. The lowest BCUT2D eigenvalue weighted by molar-refractivity contribution is -0.139. The van der Waals surface area contributed by atoms with E-state index in [1.807, 2.05) is 27.7 Å². The normalized spacial score (nSPS) is 12.2. The highest BCUT2D eigenvalue weighted by molar-refractivity contribution is 5.82. The third kappa shape index (κ3) is 7.69. The number of carboxylic acid groups (broad SMARTS) is 1. The second-order valence-electron chi connectivity index (χ2n) is 6.80. The number of aliphatic carboxylic acids is 1. The van der Waals surface area contributed by atoms with Gasteiger partial charge in [0, 0.05) is 18.4 Å². The van der Waals surface area contributed by atoms with E-state index >= 15 is 0 Å². The number of nitrogens with one attached hydrogen (secondary N) is 2. The predicted molar refractivity (Wildman–Crippen MR) is 93.2 cm³/mol. The van der Waals surface area contributed by atoms with Crippen LogP contribution < -0.4 is 15.4 Å². The topological polar surface area (TPSA) is 105 Å². The largest absolute Gasteiger partial charge is 0.482 e. The number of ether oxygens (including phenoxy) is 1. The van der Waals surface area contributed by atoms with Crippen molar-refractivity contribution in [2.45, 2.75) is 40.2 Å². The molecule has 0 spiro atoms. The van der Waals surface area contributed by atoms with Crippen molar-refractivity contribution in [3.63, 3.8) is 0 Å². The van der Waals surface area contributed by atoms with Crippen molar-refractivity contribution in [2.75, 3.05) is 13.2 Å². The maximum atomic E-state index is 11.9. The summed E-state index contributed by atoms with van der Waals surface area (Å²) in [7, 11) is 0. The van der Waals surface area contributed by atoms with E-state index in [1.54, 1.807) is 24.3 Å². The fraction of sp³-hybridized carbons (Fsp3) is 0.500. The van der Waals surface area contributed by atoms with Crippen LogP contribution in [0.15, 0.2) is 24.3 Å². The minimum atomic E-state index is -1.04. The first-order chi connectivity index (χ1) is 11.6. The summed E-state index contributed by atoms with van der Waals surface area (Å²) in [5, 5.41) is 14.2. The van der Waals surface area contributed by atoms with Gasteiger partial charge < -0.3 is 20.5 Å². The van der Waals surface area contributed by atoms with E-state index in [-0.39, 0.29) is 30.8 Å². The number of hydrogen-bond acceptors (Lipinski definition) is 4. The van der Waals surface area contributed by atoms with Crippen LogP contribution in [0.3, 0.4) is 0 Å². The molecule has 1 aromatic carbocycles. The third-order valence-electron chi connectivity index (χ3n) is 3.44. The van der Waals surface area contributed by atoms with Gasteiger partial charge in [-0.3, -0.25) is 9.59 Å². The lowest BCUT2D eigenvalue weighted by Crippen LogP contribution is -2.37. The summed E-state index contributed by atoms with van der Waals surface area (Å²) < 4.78 is 5.06. The first-order valence-corrected chi connectivity index (χ1v) is 8.12. The summed E-state index contributed by atoms with van der Waals surface area (Å²) in [6.45, 7) is 7.18. The van der Waals surface area contributed by atoms with Crippen molar-refractivity contribution in [1.82, 2.24) is 10.6 Å². The minimum Gasteiger partial charge on any atom is -0.482 e. The molecule has 2 amide bonds. The number of hydrogen-bond donors (Lipinski definition) is 3. The smallest absolute Gasteiger partial charge is 0.341 e. The number of carbonyl (C=O) groups excluding carboxylic acids is 2. The monoisotopic (exact) mass is 350 g/mol. The maximum absolute atomic E-state index is 11.9. The summed E-state index contributed by atoms with van der Waals surface area (Å²) in [6, 6.07) is 6.64. The average Bonchev–Trinajstić information content (AvgIpc) is 2.52. The Hall–Kier alpha value is -2.57. The van der Waals surface area contributed by atoms with Gasteiger partial charge in [-0.1, -0.05) is 32.9 Å². The van der Waals surface area contributed by atoms with Gasteiger partial charge >= 0.3 is 5.97 Å². The van der Waals surface area contributed by atoms with E-state index < -0.39 is 18.0 Å². The van der Waals surface area contributed by atoms with Gasteiger partial charge in [-0.15, -0.1) is 0 Å². The van der Waals surface area contributed by atoms with E-state index in [0.29, 0.717) is 5.75 Å². The zero-order valence-electron chi connectivity index (χ0n) is 15.1. The maximum Gasteiger partial charge on any atom is 0.341 e. The van der Waals surface area contributed by atoms with Crippen LogP contribution in [0.25, 0.3) is 0 Å². The fourth-order valence-electron chi connectivity index (χ4n) is 1.95. The van der Waals surface area contributed by atoms with E-state index in [9.17, 15) is 14.4 Å². The summed E-state index contributed by atoms with van der Waals surface area (Å²) in [5.74, 6) is -0.837. The number of carbonyl (C=O) groups is 3. The lowest BCUT2D eigenvalue weighted by Gasteiger charge is -2.18. The van der Waals surface area contributed by atoms with Gasteiger partial charge in [-0.05, 0) is 24.6 Å². The molecule has 0 radical (unpaired) electrons. The number of rotatable bonds is 8.